The zero-order valence-electron chi connectivity index (χ0n) is 9.62. The van der Waals surface area contributed by atoms with Crippen molar-refractivity contribution < 1.29 is 14.6 Å². The first kappa shape index (κ1) is 12.2. The van der Waals surface area contributed by atoms with Gasteiger partial charge in [-0.25, -0.2) is 0 Å². The zero-order chi connectivity index (χ0) is 11.6. The van der Waals surface area contributed by atoms with Crippen molar-refractivity contribution in [3.05, 3.63) is 0 Å². The summed E-state index contributed by atoms with van der Waals surface area (Å²) in [5.74, 6) is 1.65. The maximum Gasteiger partial charge on any atom is 0.315 e. The molecular formula is C11H19NO3S. The molecule has 2 rings (SSSR count). The predicted octanol–water partition coefficient (Wildman–Crippen LogP) is 0.397. The topological polar surface area (TPSA) is 58.6 Å². The lowest BCUT2D eigenvalue weighted by Gasteiger charge is -2.52. The number of rotatable bonds is 3. The second-order valence-corrected chi connectivity index (χ2v) is 5.77. The monoisotopic (exact) mass is 245 g/mol. The van der Waals surface area contributed by atoms with Gasteiger partial charge in [-0.3, -0.25) is 4.79 Å². The normalized spacial score (nSPS) is 26.9. The van der Waals surface area contributed by atoms with Crippen molar-refractivity contribution in [1.29, 1.82) is 0 Å². The standard InChI is InChI=1S/C11H19NO3S/c1-2-15-9(13)10(3-5-16-6-4-10)11(14)7-12-8-11/h12,14H,2-8H2,1H3. The van der Waals surface area contributed by atoms with Crippen molar-refractivity contribution in [3.8, 4) is 0 Å². The van der Waals surface area contributed by atoms with Gasteiger partial charge in [0, 0.05) is 13.1 Å². The Balaban J connectivity index is 2.20. The minimum absolute atomic E-state index is 0.209. The van der Waals surface area contributed by atoms with Gasteiger partial charge in [0.15, 0.2) is 0 Å². The van der Waals surface area contributed by atoms with Crippen LogP contribution in [0.4, 0.5) is 0 Å². The van der Waals surface area contributed by atoms with Gasteiger partial charge in [-0.05, 0) is 31.3 Å². The smallest absolute Gasteiger partial charge is 0.315 e. The van der Waals surface area contributed by atoms with Crippen LogP contribution in [0.5, 0.6) is 0 Å². The largest absolute Gasteiger partial charge is 0.465 e. The van der Waals surface area contributed by atoms with Crippen molar-refractivity contribution in [2.75, 3.05) is 31.2 Å². The fourth-order valence-electron chi connectivity index (χ4n) is 2.55. The van der Waals surface area contributed by atoms with Crippen LogP contribution in [-0.4, -0.2) is 47.9 Å². The van der Waals surface area contributed by atoms with E-state index in [-0.39, 0.29) is 5.97 Å². The summed E-state index contributed by atoms with van der Waals surface area (Å²) >= 11 is 1.84. The number of ether oxygens (including phenoxy) is 1. The molecular weight excluding hydrogens is 226 g/mol. The van der Waals surface area contributed by atoms with Gasteiger partial charge in [0.05, 0.1) is 6.61 Å². The first-order valence-electron chi connectivity index (χ1n) is 5.83. The fourth-order valence-corrected chi connectivity index (χ4v) is 3.74. The Kier molecular flexibility index (Phi) is 3.47. The summed E-state index contributed by atoms with van der Waals surface area (Å²) < 4.78 is 5.17. The maximum absolute atomic E-state index is 12.1. The number of esters is 1. The Morgan fingerprint density at radius 3 is 2.50 bits per heavy atom. The zero-order valence-corrected chi connectivity index (χ0v) is 10.4. The summed E-state index contributed by atoms with van der Waals surface area (Å²) in [6.07, 6.45) is 1.46. The maximum atomic E-state index is 12.1. The average Bonchev–Trinajstić information content (AvgIpc) is 2.27. The molecule has 0 radical (unpaired) electrons. The quantitative estimate of drug-likeness (QED) is 0.705. The number of hydrogen-bond acceptors (Lipinski definition) is 5. The number of β-amino-alcohol motifs (C(OH)–C–C–N with tert-alkyl or cyclic N) is 1. The molecule has 2 saturated heterocycles. The molecule has 0 bridgehead atoms. The number of nitrogens with one attached hydrogen (secondary N) is 1. The third kappa shape index (κ3) is 1.75. The number of aliphatic hydroxyl groups is 1. The molecule has 92 valence electrons. The summed E-state index contributed by atoms with van der Waals surface area (Å²) in [5, 5.41) is 13.6. The van der Waals surface area contributed by atoms with Crippen molar-refractivity contribution >= 4 is 17.7 Å². The molecule has 0 saturated carbocycles. The Hall–Kier alpha value is -0.260. The van der Waals surface area contributed by atoms with Gasteiger partial charge in [0.25, 0.3) is 0 Å². The predicted molar refractivity (Wildman–Crippen MR) is 63.4 cm³/mol. The highest BCUT2D eigenvalue weighted by Crippen LogP contribution is 2.46. The molecule has 2 aliphatic rings. The summed E-state index contributed by atoms with van der Waals surface area (Å²) in [7, 11) is 0. The molecule has 0 aliphatic carbocycles. The molecule has 0 amide bonds. The van der Waals surface area contributed by atoms with Gasteiger partial charge < -0.3 is 15.2 Å². The average molecular weight is 245 g/mol. The molecule has 2 aliphatic heterocycles. The number of carbonyl (C=O) groups excluding carboxylic acids is 1. The Labute approximate surface area is 100 Å². The van der Waals surface area contributed by atoms with Gasteiger partial charge in [-0.1, -0.05) is 0 Å². The first-order chi connectivity index (χ1) is 7.65. The van der Waals surface area contributed by atoms with Gasteiger partial charge in [0.1, 0.15) is 11.0 Å². The number of carbonyl (C=O) groups is 1. The lowest BCUT2D eigenvalue weighted by molar-refractivity contribution is -0.185. The van der Waals surface area contributed by atoms with E-state index >= 15 is 0 Å². The van der Waals surface area contributed by atoms with Crippen molar-refractivity contribution in [1.82, 2.24) is 5.32 Å². The summed E-state index contributed by atoms with van der Waals surface area (Å²) in [5.41, 5.74) is -1.56. The summed E-state index contributed by atoms with van der Waals surface area (Å²) in [4.78, 5) is 12.1. The molecule has 0 aromatic rings. The summed E-state index contributed by atoms with van der Waals surface area (Å²) in [6.45, 7) is 3.22. The number of thioether (sulfide) groups is 1. The molecule has 2 fully saturated rings. The van der Waals surface area contributed by atoms with E-state index in [1.54, 1.807) is 0 Å². The molecule has 2 N–H and O–H groups in total. The Morgan fingerprint density at radius 2 is 2.06 bits per heavy atom. The Bertz CT molecular complexity index is 272. The van der Waals surface area contributed by atoms with Crippen molar-refractivity contribution in [2.45, 2.75) is 25.4 Å². The van der Waals surface area contributed by atoms with Crippen LogP contribution < -0.4 is 5.32 Å². The van der Waals surface area contributed by atoms with Gasteiger partial charge in [-0.15, -0.1) is 0 Å². The lowest BCUT2D eigenvalue weighted by atomic mass is 9.64. The molecule has 0 aromatic heterocycles. The summed E-state index contributed by atoms with van der Waals surface area (Å²) in [6, 6.07) is 0. The van der Waals surface area contributed by atoms with Crippen LogP contribution in [0.2, 0.25) is 0 Å². The van der Waals surface area contributed by atoms with E-state index in [0.29, 0.717) is 19.7 Å². The molecule has 0 unspecified atom stereocenters. The van der Waals surface area contributed by atoms with E-state index in [1.165, 1.54) is 0 Å². The highest BCUT2D eigenvalue weighted by Gasteiger charge is 2.59. The second kappa shape index (κ2) is 4.55. The van der Waals surface area contributed by atoms with Crippen LogP contribution in [0.1, 0.15) is 19.8 Å². The lowest BCUT2D eigenvalue weighted by Crippen LogP contribution is -2.71. The third-order valence-corrected chi connectivity index (χ3v) is 4.72. The van der Waals surface area contributed by atoms with E-state index in [4.69, 9.17) is 4.74 Å². The SMILES string of the molecule is CCOC(=O)C1(C2(O)CNC2)CCSCC1. The minimum atomic E-state index is -0.889. The number of hydrogen-bond donors (Lipinski definition) is 2. The highest BCUT2D eigenvalue weighted by molar-refractivity contribution is 7.99. The van der Waals surface area contributed by atoms with E-state index in [1.807, 2.05) is 18.7 Å². The van der Waals surface area contributed by atoms with Crippen LogP contribution in [-0.2, 0) is 9.53 Å². The molecule has 0 spiro atoms. The van der Waals surface area contributed by atoms with Crippen LogP contribution in [0.3, 0.4) is 0 Å². The van der Waals surface area contributed by atoms with Crippen LogP contribution in [0, 0.1) is 5.41 Å². The third-order valence-electron chi connectivity index (χ3n) is 3.74. The van der Waals surface area contributed by atoms with Crippen LogP contribution in [0.15, 0.2) is 0 Å². The van der Waals surface area contributed by atoms with E-state index in [9.17, 15) is 9.90 Å². The molecule has 2 heterocycles. The Morgan fingerprint density at radius 1 is 1.44 bits per heavy atom. The van der Waals surface area contributed by atoms with Crippen molar-refractivity contribution in [2.24, 2.45) is 5.41 Å². The van der Waals surface area contributed by atoms with Gasteiger partial charge in [-0.2, -0.15) is 11.8 Å². The molecule has 16 heavy (non-hydrogen) atoms. The molecule has 0 aromatic carbocycles. The second-order valence-electron chi connectivity index (χ2n) is 4.55. The van der Waals surface area contributed by atoms with E-state index in [0.717, 1.165) is 24.3 Å². The highest BCUT2D eigenvalue weighted by atomic mass is 32.2. The van der Waals surface area contributed by atoms with E-state index < -0.39 is 11.0 Å². The van der Waals surface area contributed by atoms with Crippen LogP contribution >= 0.6 is 11.8 Å². The van der Waals surface area contributed by atoms with Crippen LogP contribution in [0.25, 0.3) is 0 Å². The van der Waals surface area contributed by atoms with Gasteiger partial charge >= 0.3 is 5.97 Å². The molecule has 5 heteroatoms. The van der Waals surface area contributed by atoms with Crippen molar-refractivity contribution in [3.63, 3.8) is 0 Å². The molecule has 4 nitrogen and oxygen atoms in total. The molecule has 0 atom stereocenters. The first-order valence-corrected chi connectivity index (χ1v) is 6.98. The fraction of sp³-hybridized carbons (Fsp3) is 0.909. The van der Waals surface area contributed by atoms with Gasteiger partial charge in [0.2, 0.25) is 0 Å². The minimum Gasteiger partial charge on any atom is -0.465 e. The van der Waals surface area contributed by atoms with E-state index in [2.05, 4.69) is 5.32 Å².